The first-order valence-electron chi connectivity index (χ1n) is 5.41. The van der Waals surface area contributed by atoms with E-state index in [0.717, 1.165) is 29.2 Å². The van der Waals surface area contributed by atoms with Gasteiger partial charge in [0.05, 0.1) is 5.56 Å². The van der Waals surface area contributed by atoms with Crippen LogP contribution in [0.5, 0.6) is 0 Å². The number of hydrogen-bond acceptors (Lipinski definition) is 3. The highest BCUT2D eigenvalue weighted by Gasteiger charge is 2.14. The van der Waals surface area contributed by atoms with Crippen LogP contribution in [0, 0.1) is 11.3 Å². The maximum atomic E-state index is 9.04. The zero-order valence-corrected chi connectivity index (χ0v) is 9.73. The van der Waals surface area contributed by atoms with Gasteiger partial charge in [-0.05, 0) is 43.1 Å². The minimum absolute atomic E-state index is 0.752. The molecule has 2 nitrogen and oxygen atoms in total. The molecule has 1 aromatic heterocycles. The standard InChI is InChI=1S/C12H14N2S/c1-2-15-12-10(8-13)7-9-5-3-4-6-11(9)14-12/h7H,2-6H2,1H3. The Labute approximate surface area is 94.7 Å². The summed E-state index contributed by atoms with van der Waals surface area (Å²) in [6.07, 6.45) is 4.65. The second-order valence-electron chi connectivity index (χ2n) is 3.70. The first-order valence-corrected chi connectivity index (χ1v) is 6.39. The van der Waals surface area contributed by atoms with E-state index >= 15 is 0 Å². The number of nitrogens with zero attached hydrogens (tertiary/aromatic N) is 2. The van der Waals surface area contributed by atoms with Crippen molar-refractivity contribution in [1.82, 2.24) is 4.98 Å². The lowest BCUT2D eigenvalue weighted by Gasteiger charge is -2.16. The number of pyridine rings is 1. The van der Waals surface area contributed by atoms with E-state index in [1.54, 1.807) is 11.8 Å². The molecule has 1 aliphatic rings. The number of aromatic nitrogens is 1. The van der Waals surface area contributed by atoms with E-state index in [4.69, 9.17) is 5.26 Å². The molecule has 0 spiro atoms. The Bertz CT molecular complexity index is 407. The molecule has 0 aromatic carbocycles. The van der Waals surface area contributed by atoms with Crippen LogP contribution in [0.15, 0.2) is 11.1 Å². The molecule has 1 heterocycles. The summed E-state index contributed by atoms with van der Waals surface area (Å²) in [5.41, 5.74) is 3.26. The van der Waals surface area contributed by atoms with Gasteiger partial charge in [-0.2, -0.15) is 5.26 Å². The molecular weight excluding hydrogens is 204 g/mol. The summed E-state index contributed by atoms with van der Waals surface area (Å²) in [6.45, 7) is 2.09. The average molecular weight is 218 g/mol. The van der Waals surface area contributed by atoms with Gasteiger partial charge in [0, 0.05) is 5.69 Å². The van der Waals surface area contributed by atoms with Crippen LogP contribution in [-0.2, 0) is 12.8 Å². The third-order valence-corrected chi connectivity index (χ3v) is 3.54. The maximum Gasteiger partial charge on any atom is 0.114 e. The van der Waals surface area contributed by atoms with Crippen molar-refractivity contribution in [3.05, 3.63) is 22.9 Å². The second-order valence-corrected chi connectivity index (χ2v) is 4.95. The van der Waals surface area contributed by atoms with E-state index in [9.17, 15) is 0 Å². The number of nitriles is 1. The molecule has 15 heavy (non-hydrogen) atoms. The molecule has 0 fully saturated rings. The van der Waals surface area contributed by atoms with Gasteiger partial charge in [0.15, 0.2) is 0 Å². The fourth-order valence-corrected chi connectivity index (χ4v) is 2.65. The molecule has 3 heteroatoms. The molecule has 0 saturated heterocycles. The smallest absolute Gasteiger partial charge is 0.114 e. The van der Waals surface area contributed by atoms with Crippen LogP contribution in [0.1, 0.15) is 36.6 Å². The van der Waals surface area contributed by atoms with E-state index in [2.05, 4.69) is 18.0 Å². The van der Waals surface area contributed by atoms with Crippen molar-refractivity contribution in [2.24, 2.45) is 0 Å². The lowest BCUT2D eigenvalue weighted by Crippen LogP contribution is -2.07. The summed E-state index contributed by atoms with van der Waals surface area (Å²) in [4.78, 5) is 4.61. The van der Waals surface area contributed by atoms with Gasteiger partial charge < -0.3 is 0 Å². The molecule has 2 rings (SSSR count). The molecular formula is C12H14N2S. The summed E-state index contributed by atoms with van der Waals surface area (Å²) in [6, 6.07) is 4.29. The largest absolute Gasteiger partial charge is 0.245 e. The van der Waals surface area contributed by atoms with Gasteiger partial charge in [-0.1, -0.05) is 6.92 Å². The molecule has 0 radical (unpaired) electrons. The fraction of sp³-hybridized carbons (Fsp3) is 0.500. The molecule has 1 aromatic rings. The Balaban J connectivity index is 2.43. The van der Waals surface area contributed by atoms with Gasteiger partial charge in [-0.3, -0.25) is 0 Å². The van der Waals surface area contributed by atoms with Crippen molar-refractivity contribution < 1.29 is 0 Å². The zero-order valence-electron chi connectivity index (χ0n) is 8.92. The molecule has 0 unspecified atom stereocenters. The first kappa shape index (κ1) is 10.5. The SMILES string of the molecule is CCSc1nc2c(cc1C#N)CCCC2. The summed E-state index contributed by atoms with van der Waals surface area (Å²) in [7, 11) is 0. The van der Waals surface area contributed by atoms with Crippen LogP contribution < -0.4 is 0 Å². The predicted octanol–water partition coefficient (Wildman–Crippen LogP) is 2.94. The zero-order chi connectivity index (χ0) is 10.7. The Morgan fingerprint density at radius 1 is 1.47 bits per heavy atom. The van der Waals surface area contributed by atoms with Crippen molar-refractivity contribution in [1.29, 1.82) is 5.26 Å². The van der Waals surface area contributed by atoms with Crippen molar-refractivity contribution >= 4 is 11.8 Å². The van der Waals surface area contributed by atoms with Gasteiger partial charge in [0.2, 0.25) is 0 Å². The third-order valence-electron chi connectivity index (χ3n) is 2.67. The molecule has 0 N–H and O–H groups in total. The minimum Gasteiger partial charge on any atom is -0.245 e. The molecule has 78 valence electrons. The average Bonchev–Trinajstić information content (AvgIpc) is 2.28. The lowest BCUT2D eigenvalue weighted by atomic mass is 9.95. The molecule has 0 aliphatic heterocycles. The van der Waals surface area contributed by atoms with Crippen LogP contribution in [0.3, 0.4) is 0 Å². The summed E-state index contributed by atoms with van der Waals surface area (Å²) < 4.78 is 0. The number of thioether (sulfide) groups is 1. The van der Waals surface area contributed by atoms with E-state index in [-0.39, 0.29) is 0 Å². The fourth-order valence-electron chi connectivity index (χ4n) is 1.94. The van der Waals surface area contributed by atoms with Crippen molar-refractivity contribution in [3.8, 4) is 6.07 Å². The predicted molar refractivity (Wildman–Crippen MR) is 62.0 cm³/mol. The van der Waals surface area contributed by atoms with Crippen molar-refractivity contribution in [2.75, 3.05) is 5.75 Å². The Morgan fingerprint density at radius 3 is 3.00 bits per heavy atom. The third kappa shape index (κ3) is 2.15. The summed E-state index contributed by atoms with van der Waals surface area (Å²) in [5.74, 6) is 0.973. The normalized spacial score (nSPS) is 14.4. The van der Waals surface area contributed by atoms with Gasteiger partial charge in [0.25, 0.3) is 0 Å². The van der Waals surface area contributed by atoms with Crippen molar-refractivity contribution in [2.45, 2.75) is 37.6 Å². The van der Waals surface area contributed by atoms with Gasteiger partial charge >= 0.3 is 0 Å². The van der Waals surface area contributed by atoms with E-state index in [0.29, 0.717) is 0 Å². The Morgan fingerprint density at radius 2 is 2.27 bits per heavy atom. The topological polar surface area (TPSA) is 36.7 Å². The lowest BCUT2D eigenvalue weighted by molar-refractivity contribution is 0.660. The van der Waals surface area contributed by atoms with Gasteiger partial charge in [-0.15, -0.1) is 11.8 Å². The number of hydrogen-bond donors (Lipinski definition) is 0. The van der Waals surface area contributed by atoms with Crippen LogP contribution in [0.4, 0.5) is 0 Å². The van der Waals surface area contributed by atoms with Crippen molar-refractivity contribution in [3.63, 3.8) is 0 Å². The van der Waals surface area contributed by atoms with Crippen LogP contribution in [-0.4, -0.2) is 10.7 Å². The highest BCUT2D eigenvalue weighted by molar-refractivity contribution is 7.99. The Hall–Kier alpha value is -1.01. The summed E-state index contributed by atoms with van der Waals surface area (Å²) >= 11 is 1.67. The monoisotopic (exact) mass is 218 g/mol. The molecule has 0 amide bonds. The number of rotatable bonds is 2. The van der Waals surface area contributed by atoms with Gasteiger partial charge in [0.1, 0.15) is 11.1 Å². The Kier molecular flexibility index (Phi) is 3.27. The summed E-state index contributed by atoms with van der Waals surface area (Å²) in [5, 5.41) is 9.96. The molecule has 1 aliphatic carbocycles. The molecule has 0 bridgehead atoms. The molecule has 0 saturated carbocycles. The quantitative estimate of drug-likeness (QED) is 0.716. The highest BCUT2D eigenvalue weighted by Crippen LogP contribution is 2.26. The van der Waals surface area contributed by atoms with Crippen LogP contribution in [0.2, 0.25) is 0 Å². The second kappa shape index (κ2) is 4.67. The van der Waals surface area contributed by atoms with E-state index in [1.165, 1.54) is 24.1 Å². The first-order chi connectivity index (χ1) is 7.35. The number of aryl methyl sites for hydroxylation is 2. The minimum atomic E-state index is 0.752. The maximum absolute atomic E-state index is 9.04. The van der Waals surface area contributed by atoms with Crippen LogP contribution >= 0.6 is 11.8 Å². The van der Waals surface area contributed by atoms with E-state index < -0.39 is 0 Å². The number of fused-ring (bicyclic) bond motifs is 1. The van der Waals surface area contributed by atoms with E-state index in [1.807, 2.05) is 6.07 Å². The molecule has 0 atom stereocenters. The highest BCUT2D eigenvalue weighted by atomic mass is 32.2. The van der Waals surface area contributed by atoms with Gasteiger partial charge in [-0.25, -0.2) is 4.98 Å². The van der Waals surface area contributed by atoms with Crippen LogP contribution in [0.25, 0.3) is 0 Å².